The number of rotatable bonds is 16. The Hall–Kier alpha value is -7.53. The molecule has 0 saturated carbocycles. The Kier molecular flexibility index (Phi) is 26.9. The third-order valence-electron chi connectivity index (χ3n) is 13.6. The van der Waals surface area contributed by atoms with Crippen molar-refractivity contribution in [1.82, 2.24) is 36.6 Å². The van der Waals surface area contributed by atoms with E-state index in [0.29, 0.717) is 78.3 Å². The van der Waals surface area contributed by atoms with Crippen molar-refractivity contribution in [2.24, 2.45) is 4.99 Å². The molecule has 3 unspecified atom stereocenters. The zero-order valence-electron chi connectivity index (χ0n) is 48.2. The average molecular weight is 1340 g/mol. The molecular weight excluding hydrogens is 1260 g/mol. The van der Waals surface area contributed by atoms with E-state index in [2.05, 4.69) is 43.1 Å². The van der Waals surface area contributed by atoms with Crippen molar-refractivity contribution in [1.29, 1.82) is 0 Å². The number of benzene rings is 1. The normalized spacial score (nSPS) is 20.1. The van der Waals surface area contributed by atoms with Crippen LogP contribution in [0.25, 0.3) is 16.9 Å². The monoisotopic (exact) mass is 1330 g/mol. The highest BCUT2D eigenvalue weighted by atomic mass is 32.3. The molecule has 1 saturated heterocycles. The molecule has 3 atom stereocenters. The van der Waals surface area contributed by atoms with E-state index >= 15 is 0 Å². The number of aliphatic imine (C=N–C) groups is 1. The van der Waals surface area contributed by atoms with Gasteiger partial charge >= 0.3 is 26.2 Å². The van der Waals surface area contributed by atoms with Gasteiger partial charge in [-0.1, -0.05) is 25.5 Å². The Bertz CT molecular complexity index is 3600. The smallest absolute Gasteiger partial charge is 0.333 e. The van der Waals surface area contributed by atoms with Crippen molar-refractivity contribution < 1.29 is 91.3 Å². The average Bonchev–Trinajstić information content (AvgIpc) is 4.29. The highest BCUT2D eigenvalue weighted by Gasteiger charge is 2.33. The molecule has 0 aliphatic carbocycles. The summed E-state index contributed by atoms with van der Waals surface area (Å²) in [5, 5.41) is 14.0. The molecule has 0 radical (unpaired) electrons. The van der Waals surface area contributed by atoms with E-state index in [-0.39, 0.29) is 129 Å². The first kappa shape index (κ1) is 70.6. The van der Waals surface area contributed by atoms with Crippen LogP contribution in [0.5, 0.6) is 5.75 Å². The molecule has 33 heteroatoms. The van der Waals surface area contributed by atoms with Crippen molar-refractivity contribution >= 4 is 112 Å². The van der Waals surface area contributed by atoms with E-state index in [0.717, 1.165) is 23.5 Å². The number of aromatic nitrogens is 1. The van der Waals surface area contributed by atoms with Crippen LogP contribution in [0.2, 0.25) is 0 Å². The second-order valence-corrected chi connectivity index (χ2v) is 27.6. The molecule has 7 amide bonds. The highest BCUT2D eigenvalue weighted by Crippen LogP contribution is 2.32. The molecule has 1 fully saturated rings. The number of imide groups is 1. The Labute approximate surface area is 522 Å². The first-order valence-corrected chi connectivity index (χ1v) is 34.4. The molecule has 3 aromatic heterocycles. The van der Waals surface area contributed by atoms with Gasteiger partial charge in [0.1, 0.15) is 37.2 Å². The van der Waals surface area contributed by atoms with Gasteiger partial charge in [-0.25, -0.2) is 9.78 Å². The zero-order valence-corrected chi connectivity index (χ0v) is 52.3. The number of allylic oxidation sites excluding steroid dienone is 3. The molecule has 28 nitrogen and oxygen atoms in total. The first-order chi connectivity index (χ1) is 42.3. The summed E-state index contributed by atoms with van der Waals surface area (Å²) in [5.41, 5.74) is 0.675. The zero-order chi connectivity index (χ0) is 64.7. The van der Waals surface area contributed by atoms with Crippen LogP contribution >= 0.6 is 22.7 Å². The molecular formula is C56H70N8O20S5. The van der Waals surface area contributed by atoms with E-state index in [1.165, 1.54) is 48.8 Å². The Balaban J connectivity index is 1.19. The number of amides is 7. The molecule has 1 aromatic carbocycles. The number of hydrogen-bond donors (Lipinski definition) is 8. The number of hydroxylamine groups is 2. The predicted octanol–water partition coefficient (Wildman–Crippen LogP) is 4.87. The topological polar surface area (TPSA) is 420 Å². The Morgan fingerprint density at radius 2 is 1.36 bits per heavy atom. The van der Waals surface area contributed by atoms with Crippen LogP contribution in [-0.4, -0.2) is 147 Å². The number of hydrogen-bond acceptors (Lipinski definition) is 21. The van der Waals surface area contributed by atoms with E-state index in [4.69, 9.17) is 14.0 Å². The molecule has 4 aromatic rings. The minimum atomic E-state index is -4.83. The third-order valence-corrected chi connectivity index (χ3v) is 19.4. The molecule has 0 spiro atoms. The predicted molar refractivity (Wildman–Crippen MR) is 323 cm³/mol. The van der Waals surface area contributed by atoms with Crippen LogP contribution < -0.4 is 31.3 Å². The van der Waals surface area contributed by atoms with Crippen LogP contribution in [0.15, 0.2) is 90.1 Å². The molecule has 484 valence electrons. The van der Waals surface area contributed by atoms with E-state index in [1.807, 2.05) is 0 Å². The van der Waals surface area contributed by atoms with Crippen LogP contribution in [0.1, 0.15) is 125 Å². The molecule has 89 heavy (non-hydrogen) atoms. The fraction of sp³-hybridized carbons (Fsp3) is 0.464. The number of nitrogens with one attached hydrogen (secondary N) is 5. The lowest BCUT2D eigenvalue weighted by atomic mass is 10.1. The van der Waals surface area contributed by atoms with E-state index in [1.54, 1.807) is 6.08 Å². The van der Waals surface area contributed by atoms with Gasteiger partial charge in [-0.3, -0.25) is 52.2 Å². The number of fused-ring (bicyclic) bond motifs is 29. The molecule has 4 bridgehead atoms. The van der Waals surface area contributed by atoms with Gasteiger partial charge in [0.25, 0.3) is 21.9 Å². The summed E-state index contributed by atoms with van der Waals surface area (Å²) in [7, 11) is -14.0. The van der Waals surface area contributed by atoms with Gasteiger partial charge in [0, 0.05) is 91.7 Å². The maximum atomic E-state index is 14.3. The van der Waals surface area contributed by atoms with E-state index in [9.17, 15) is 77.3 Å². The lowest BCUT2D eigenvalue weighted by Gasteiger charge is -2.23. The van der Waals surface area contributed by atoms with Crippen molar-refractivity contribution in [3.8, 4) is 17.1 Å². The quantitative estimate of drug-likeness (QED) is 0.0421. The number of carbonyl (C=O) groups is 8. The standard InChI is InChI=1S/C56H70N8O20S5/c1-2-36-26-30-57-27-10-3-6-15-46(65)61-41(33-38-19-24-51(85-38)88(76,77)78)54(71)59-29-12-9-14-40(53(70)58-28-11-4-8-17-50(69)84-64-48(67)22-23-49(64)68)63-55(72)42(34-39-20-25-52(86-39)89(79,80)81)62-47(66)16-7-5-13-31-82-43-21-18-37(32-45(43)87(73,74)75)44-35-60-56(36)83-44/h2,18-21,24-26,30,32,35,40-42H,1,3-17,22-23,27-29,31,33-34H2,(H,58,70)(H,59,71)(H,61,65)(H,62,66)(H,63,72)(H,73,74,75)(H,76,77,78)(H,79,80,81)/b36-26+,57-30+. The number of thiophene rings is 2. The van der Waals surface area contributed by atoms with Crippen molar-refractivity contribution in [3.63, 3.8) is 0 Å². The molecule has 7 rings (SSSR count). The summed E-state index contributed by atoms with van der Waals surface area (Å²) in [4.78, 5) is 119. The first-order valence-electron chi connectivity index (χ1n) is 28.5. The maximum Gasteiger partial charge on any atom is 0.333 e. The van der Waals surface area contributed by atoms with Crippen LogP contribution in [0.4, 0.5) is 0 Å². The summed E-state index contributed by atoms with van der Waals surface area (Å²) in [6.07, 6.45) is 8.91. The second-order valence-electron chi connectivity index (χ2n) is 20.6. The number of ether oxygens (including phenoxy) is 1. The van der Waals surface area contributed by atoms with Gasteiger partial charge < -0.3 is 40.6 Å². The molecule has 3 aliphatic heterocycles. The van der Waals surface area contributed by atoms with Gasteiger partial charge in [0.2, 0.25) is 35.4 Å². The van der Waals surface area contributed by atoms with Gasteiger partial charge in [-0.2, -0.15) is 25.3 Å². The molecule has 3 aliphatic rings. The molecule has 6 heterocycles. The number of unbranched alkanes of at least 4 members (excludes halogenated alkanes) is 2. The fourth-order valence-corrected chi connectivity index (χ4v) is 13.2. The number of nitrogens with zero attached hydrogens (tertiary/aromatic N) is 3. The Morgan fingerprint density at radius 1 is 0.730 bits per heavy atom. The van der Waals surface area contributed by atoms with Crippen LogP contribution in [-0.2, 0) is 86.4 Å². The summed E-state index contributed by atoms with van der Waals surface area (Å²) >= 11 is 1.36. The summed E-state index contributed by atoms with van der Waals surface area (Å²) in [6.45, 7) is 4.19. The second kappa shape index (κ2) is 33.9. The van der Waals surface area contributed by atoms with Crippen LogP contribution in [0, 0.1) is 0 Å². The minimum Gasteiger partial charge on any atom is -0.492 e. The lowest BCUT2D eigenvalue weighted by molar-refractivity contribution is -0.197. The fourth-order valence-electron chi connectivity index (χ4n) is 9.00. The lowest BCUT2D eigenvalue weighted by Crippen LogP contribution is -2.54. The largest absolute Gasteiger partial charge is 0.492 e. The van der Waals surface area contributed by atoms with Gasteiger partial charge in [0.05, 0.1) is 12.8 Å². The van der Waals surface area contributed by atoms with Crippen molar-refractivity contribution in [3.05, 3.63) is 83.0 Å². The number of oxazole rings is 1. The summed E-state index contributed by atoms with van der Waals surface area (Å²) in [5.74, 6) is -5.16. The third kappa shape index (κ3) is 23.1. The van der Waals surface area contributed by atoms with Gasteiger partial charge in [0.15, 0.2) is 5.76 Å². The van der Waals surface area contributed by atoms with Crippen molar-refractivity contribution in [2.45, 2.75) is 153 Å². The van der Waals surface area contributed by atoms with Gasteiger partial charge in [-0.15, -0.1) is 27.7 Å². The number of carbonyl (C=O) groups excluding carboxylic acids is 8. The molecule has 8 N–H and O–H groups in total. The van der Waals surface area contributed by atoms with Crippen molar-refractivity contribution in [2.75, 3.05) is 26.2 Å². The highest BCUT2D eigenvalue weighted by molar-refractivity contribution is 7.88. The maximum absolute atomic E-state index is 14.3. The van der Waals surface area contributed by atoms with Crippen LogP contribution in [0.3, 0.4) is 0 Å². The SMILES string of the molecule is C=C/C1=C\C=N\CCCCCC(=O)NC(Cc2ccc(S(=O)(=O)O)s2)C(=O)NCCCCC(C(=O)NCCCCCC(=O)ON2C(=O)CCC2=O)NC(=O)C(Cc2ccc(S(=O)(=O)O)s2)NC(=O)CCCCCOc2ccc(cc2S(=O)(=O)O)-c2cnc1o2. The summed E-state index contributed by atoms with van der Waals surface area (Å²) in [6, 6.07) is 5.16. The van der Waals surface area contributed by atoms with Gasteiger partial charge in [-0.05, 0) is 113 Å². The minimum absolute atomic E-state index is 0.00227. The summed E-state index contributed by atoms with van der Waals surface area (Å²) < 4.78 is 113. The van der Waals surface area contributed by atoms with E-state index < -0.39 is 105 Å². The Morgan fingerprint density at radius 3 is 1.97 bits per heavy atom.